The van der Waals surface area contributed by atoms with Gasteiger partial charge in [-0.1, -0.05) is 54.6 Å². The minimum absolute atomic E-state index is 0.0639. The Labute approximate surface area is 185 Å². The van der Waals surface area contributed by atoms with Crippen molar-refractivity contribution in [3.8, 4) is 0 Å². The van der Waals surface area contributed by atoms with E-state index >= 15 is 0 Å². The molecular formula is C25H23NO4S. The van der Waals surface area contributed by atoms with Gasteiger partial charge >= 0.3 is 0 Å². The average Bonchev–Trinajstić information content (AvgIpc) is 3.10. The molecule has 5 nitrogen and oxygen atoms in total. The van der Waals surface area contributed by atoms with E-state index < -0.39 is 17.5 Å². The van der Waals surface area contributed by atoms with Crippen molar-refractivity contribution in [1.82, 2.24) is 0 Å². The number of carbonyl (C=O) groups excluding carboxylic acids is 2. The molecule has 1 aliphatic carbocycles. The standard InChI is InChI=1S/C25H23NO4S/c1-24(2)29-21(14-19-23(28)31-22(26-19)15-9-5-4-6-10-15)18-13-20(27)16-11-7-8-12-17(16)25(18,3)30-24/h4-12,14,18,21H,13H2,1-3H3/b19-14-/t18-,21+,25-/m0/s1. The third-order valence-electron chi connectivity index (χ3n) is 6.11. The van der Waals surface area contributed by atoms with E-state index in [0.717, 1.165) is 22.9 Å². The first-order chi connectivity index (χ1) is 14.8. The van der Waals surface area contributed by atoms with E-state index in [-0.39, 0.29) is 23.2 Å². The topological polar surface area (TPSA) is 65.0 Å². The summed E-state index contributed by atoms with van der Waals surface area (Å²) in [7, 11) is 0. The van der Waals surface area contributed by atoms with Gasteiger partial charge in [0.05, 0.1) is 6.10 Å². The number of rotatable bonds is 2. The van der Waals surface area contributed by atoms with Crippen molar-refractivity contribution in [3.63, 3.8) is 0 Å². The average molecular weight is 434 g/mol. The number of benzene rings is 2. The lowest BCUT2D eigenvalue weighted by atomic mass is 9.68. The van der Waals surface area contributed by atoms with Crippen LogP contribution in [0.4, 0.5) is 0 Å². The maximum Gasteiger partial charge on any atom is 0.243 e. The molecule has 5 rings (SSSR count). The van der Waals surface area contributed by atoms with Crippen LogP contribution in [0.2, 0.25) is 0 Å². The second-order valence-corrected chi connectivity index (χ2v) is 9.66. The lowest BCUT2D eigenvalue weighted by Crippen LogP contribution is -2.57. The molecule has 31 heavy (non-hydrogen) atoms. The minimum atomic E-state index is -0.888. The van der Waals surface area contributed by atoms with Gasteiger partial charge in [-0.2, -0.15) is 0 Å². The third kappa shape index (κ3) is 3.49. The number of fused-ring (bicyclic) bond motifs is 3. The van der Waals surface area contributed by atoms with Gasteiger partial charge in [0, 0.05) is 23.5 Å². The molecule has 0 radical (unpaired) electrons. The second-order valence-electron chi connectivity index (χ2n) is 8.70. The molecule has 2 aromatic carbocycles. The van der Waals surface area contributed by atoms with E-state index in [1.165, 1.54) is 0 Å². The predicted molar refractivity (Wildman–Crippen MR) is 120 cm³/mol. The van der Waals surface area contributed by atoms with Gasteiger partial charge in [0.25, 0.3) is 0 Å². The molecule has 0 saturated carbocycles. The number of hydrogen-bond acceptors (Lipinski definition) is 6. The van der Waals surface area contributed by atoms with Gasteiger partial charge in [-0.3, -0.25) is 9.59 Å². The number of hydrogen-bond donors (Lipinski definition) is 0. The van der Waals surface area contributed by atoms with Gasteiger partial charge in [-0.05, 0) is 44.2 Å². The van der Waals surface area contributed by atoms with Gasteiger partial charge in [-0.25, -0.2) is 4.99 Å². The van der Waals surface area contributed by atoms with Crippen LogP contribution in [0.15, 0.2) is 71.4 Å². The quantitative estimate of drug-likeness (QED) is 0.633. The summed E-state index contributed by atoms with van der Waals surface area (Å²) in [6.07, 6.45) is 1.58. The highest BCUT2D eigenvalue weighted by molar-refractivity contribution is 8.27. The first kappa shape index (κ1) is 20.4. The second kappa shape index (κ2) is 7.26. The Morgan fingerprint density at radius 2 is 1.74 bits per heavy atom. The molecule has 158 valence electrons. The highest BCUT2D eigenvalue weighted by Crippen LogP contribution is 2.51. The zero-order valence-electron chi connectivity index (χ0n) is 17.6. The van der Waals surface area contributed by atoms with Crippen LogP contribution in [0, 0.1) is 5.92 Å². The molecule has 6 heteroatoms. The lowest BCUT2D eigenvalue weighted by molar-refractivity contribution is -0.350. The number of thioether (sulfide) groups is 1. The molecule has 0 amide bonds. The number of ketones is 1. The Morgan fingerprint density at radius 3 is 2.52 bits per heavy atom. The molecule has 0 spiro atoms. The van der Waals surface area contributed by atoms with Crippen LogP contribution in [-0.4, -0.2) is 27.8 Å². The maximum atomic E-state index is 12.9. The van der Waals surface area contributed by atoms with E-state index in [9.17, 15) is 9.59 Å². The molecule has 0 N–H and O–H groups in total. The van der Waals surface area contributed by atoms with Crippen LogP contribution >= 0.6 is 11.8 Å². The van der Waals surface area contributed by atoms with E-state index in [1.807, 2.05) is 75.4 Å². The summed E-state index contributed by atoms with van der Waals surface area (Å²) >= 11 is 1.12. The number of ether oxygens (including phenoxy) is 2. The van der Waals surface area contributed by atoms with Crippen molar-refractivity contribution in [2.24, 2.45) is 10.9 Å². The van der Waals surface area contributed by atoms with E-state index in [1.54, 1.807) is 6.08 Å². The molecule has 2 aromatic rings. The van der Waals surface area contributed by atoms with Gasteiger partial charge < -0.3 is 9.47 Å². The van der Waals surface area contributed by atoms with Crippen LogP contribution in [0.3, 0.4) is 0 Å². The highest BCUT2D eigenvalue weighted by Gasteiger charge is 2.55. The number of aliphatic imine (C=N–C) groups is 1. The van der Waals surface area contributed by atoms with Gasteiger partial charge in [-0.15, -0.1) is 0 Å². The molecule has 0 bridgehead atoms. The molecule has 0 aromatic heterocycles. The first-order valence-corrected chi connectivity index (χ1v) is 11.2. The summed E-state index contributed by atoms with van der Waals surface area (Å²) in [5.74, 6) is -1.08. The summed E-state index contributed by atoms with van der Waals surface area (Å²) in [5.41, 5.74) is 2.12. The Kier molecular flexibility index (Phi) is 4.77. The monoisotopic (exact) mass is 433 g/mol. The number of nitrogens with zero attached hydrogens (tertiary/aromatic N) is 1. The maximum absolute atomic E-state index is 12.9. The fraction of sp³-hybridized carbons (Fsp3) is 0.320. The summed E-state index contributed by atoms with van der Waals surface area (Å²) in [5, 5.41) is 0.562. The molecule has 3 aliphatic rings. The Bertz CT molecular complexity index is 1140. The molecule has 2 heterocycles. The van der Waals surface area contributed by atoms with Crippen LogP contribution in [-0.2, 0) is 19.9 Å². The molecule has 1 saturated heterocycles. The van der Waals surface area contributed by atoms with Crippen molar-refractivity contribution < 1.29 is 19.1 Å². The van der Waals surface area contributed by atoms with E-state index in [4.69, 9.17) is 9.47 Å². The molecule has 2 aliphatic heterocycles. The summed E-state index contributed by atoms with van der Waals surface area (Å²) < 4.78 is 12.7. The van der Waals surface area contributed by atoms with Crippen molar-refractivity contribution in [3.05, 3.63) is 83.1 Å². The predicted octanol–water partition coefficient (Wildman–Crippen LogP) is 4.86. The molecule has 0 unspecified atom stereocenters. The van der Waals surface area contributed by atoms with Crippen LogP contribution < -0.4 is 0 Å². The summed E-state index contributed by atoms with van der Waals surface area (Å²) in [6.45, 7) is 5.74. The fourth-order valence-corrected chi connectivity index (χ4v) is 5.59. The minimum Gasteiger partial charge on any atom is -0.343 e. The van der Waals surface area contributed by atoms with E-state index in [0.29, 0.717) is 16.3 Å². The molecule has 1 fully saturated rings. The number of Topliss-reactive ketones (excluding diaryl/α,β-unsaturated/α-hetero) is 1. The Balaban J connectivity index is 1.56. The number of carbonyl (C=O) groups is 2. The van der Waals surface area contributed by atoms with Crippen LogP contribution in [0.1, 0.15) is 48.7 Å². The van der Waals surface area contributed by atoms with Crippen LogP contribution in [0.25, 0.3) is 0 Å². The first-order valence-electron chi connectivity index (χ1n) is 10.4. The summed E-state index contributed by atoms with van der Waals surface area (Å²) in [4.78, 5) is 30.2. The van der Waals surface area contributed by atoms with Gasteiger partial charge in [0.1, 0.15) is 16.3 Å². The largest absolute Gasteiger partial charge is 0.343 e. The Morgan fingerprint density at radius 1 is 1.03 bits per heavy atom. The van der Waals surface area contributed by atoms with Crippen molar-refractivity contribution in [1.29, 1.82) is 0 Å². The lowest BCUT2D eigenvalue weighted by Gasteiger charge is -2.53. The Hall–Kier alpha value is -2.54. The zero-order chi connectivity index (χ0) is 21.8. The third-order valence-corrected chi connectivity index (χ3v) is 7.03. The van der Waals surface area contributed by atoms with Gasteiger partial charge in [0.15, 0.2) is 11.6 Å². The normalized spacial score (nSPS) is 30.7. The molecule has 3 atom stereocenters. The SMILES string of the molecule is CC1(C)O[C@H](/C=C2\N=C(c3ccccc3)SC2=O)[C@@H]2CC(=O)c3ccccc3[C@]2(C)O1. The van der Waals surface area contributed by atoms with Crippen LogP contribution in [0.5, 0.6) is 0 Å². The van der Waals surface area contributed by atoms with Gasteiger partial charge in [0.2, 0.25) is 5.12 Å². The van der Waals surface area contributed by atoms with Crippen molar-refractivity contribution in [2.75, 3.05) is 0 Å². The zero-order valence-corrected chi connectivity index (χ0v) is 18.4. The van der Waals surface area contributed by atoms with Crippen molar-refractivity contribution >= 4 is 27.7 Å². The smallest absolute Gasteiger partial charge is 0.243 e. The summed E-state index contributed by atoms with van der Waals surface area (Å²) in [6, 6.07) is 17.2. The molecular weight excluding hydrogens is 410 g/mol. The fourth-order valence-electron chi connectivity index (χ4n) is 4.80. The van der Waals surface area contributed by atoms with E-state index in [2.05, 4.69) is 4.99 Å². The highest BCUT2D eigenvalue weighted by atomic mass is 32.2. The van der Waals surface area contributed by atoms with Crippen molar-refractivity contribution in [2.45, 2.75) is 44.7 Å².